The van der Waals surface area contributed by atoms with Gasteiger partial charge in [-0.05, 0) is 70.6 Å². The van der Waals surface area contributed by atoms with Gasteiger partial charge in [0.05, 0.1) is 40.3 Å². The van der Waals surface area contributed by atoms with Crippen molar-refractivity contribution in [2.75, 3.05) is 47.5 Å². The molecule has 0 aromatic carbocycles. The molecule has 354 valence electrons. The quantitative estimate of drug-likeness (QED) is 0.0196. The van der Waals surface area contributed by atoms with Gasteiger partial charge in [0.15, 0.2) is 12.4 Å². The third-order valence-electron chi connectivity index (χ3n) is 10.6. The van der Waals surface area contributed by atoms with Gasteiger partial charge in [-0.25, -0.2) is 0 Å². The Morgan fingerprint density at radius 2 is 0.934 bits per heavy atom. The van der Waals surface area contributed by atoms with Gasteiger partial charge in [0.1, 0.15) is 13.2 Å². The molecule has 9 nitrogen and oxygen atoms in total. The van der Waals surface area contributed by atoms with E-state index in [4.69, 9.17) is 18.9 Å². The zero-order valence-corrected chi connectivity index (χ0v) is 40.0. The molecule has 0 amide bonds. The largest absolute Gasteiger partial charge is 0.545 e. The Labute approximate surface area is 374 Å². The first-order valence-electron chi connectivity index (χ1n) is 24.8. The zero-order valence-electron chi connectivity index (χ0n) is 40.0. The fourth-order valence-electron chi connectivity index (χ4n) is 6.72. The second-order valence-corrected chi connectivity index (χ2v) is 17.7. The predicted molar refractivity (Wildman–Crippen MR) is 251 cm³/mol. The number of allylic oxidation sites excluding steroid dienone is 8. The number of hydrogen-bond acceptors (Lipinski definition) is 8. The zero-order chi connectivity index (χ0) is 44.9. The molecule has 0 N–H and O–H groups in total. The third-order valence-corrected chi connectivity index (χ3v) is 10.6. The molecule has 0 aliphatic rings. The number of carbonyl (C=O) groups excluding carboxylic acids is 3. The maximum atomic E-state index is 12.7. The molecule has 2 unspecified atom stereocenters. The highest BCUT2D eigenvalue weighted by Crippen LogP contribution is 2.15. The van der Waals surface area contributed by atoms with E-state index in [-0.39, 0.29) is 38.6 Å². The highest BCUT2D eigenvalue weighted by atomic mass is 16.7. The molecule has 0 aromatic rings. The summed E-state index contributed by atoms with van der Waals surface area (Å²) in [6, 6.07) is 0. The molecule has 0 heterocycles. The lowest BCUT2D eigenvalue weighted by molar-refractivity contribution is -0.870. The monoisotopic (exact) mass is 860 g/mol. The van der Waals surface area contributed by atoms with Crippen molar-refractivity contribution < 1.29 is 42.9 Å². The van der Waals surface area contributed by atoms with Gasteiger partial charge in [0.2, 0.25) is 0 Å². The molecule has 2 atom stereocenters. The molecule has 0 aromatic heterocycles. The first kappa shape index (κ1) is 58.2. The lowest BCUT2D eigenvalue weighted by atomic mass is 10.0. The summed E-state index contributed by atoms with van der Waals surface area (Å²) in [5, 5.41) is 11.7. The third kappa shape index (κ3) is 45.1. The fourth-order valence-corrected chi connectivity index (χ4v) is 6.72. The van der Waals surface area contributed by atoms with Crippen LogP contribution in [0.25, 0.3) is 0 Å². The predicted octanol–water partition coefficient (Wildman–Crippen LogP) is 12.2. The Balaban J connectivity index is 4.30. The second-order valence-electron chi connectivity index (χ2n) is 17.7. The topological polar surface area (TPSA) is 111 Å². The van der Waals surface area contributed by atoms with Crippen molar-refractivity contribution in [3.63, 3.8) is 0 Å². The van der Waals surface area contributed by atoms with Crippen LogP contribution in [0, 0.1) is 0 Å². The Morgan fingerprint density at radius 3 is 1.43 bits per heavy atom. The van der Waals surface area contributed by atoms with Crippen molar-refractivity contribution >= 4 is 17.9 Å². The normalized spacial score (nSPS) is 13.3. The number of carboxylic acid groups (broad SMARTS) is 1. The van der Waals surface area contributed by atoms with Crippen LogP contribution >= 0.6 is 0 Å². The van der Waals surface area contributed by atoms with Gasteiger partial charge in [-0.15, -0.1) is 0 Å². The number of aliphatic carboxylic acids is 1. The Bertz CT molecular complexity index is 1140. The summed E-state index contributed by atoms with van der Waals surface area (Å²) in [7, 11) is 5.90. The number of hydrogen-bond donors (Lipinski definition) is 0. The molecule has 0 saturated heterocycles. The molecule has 0 rings (SSSR count). The number of rotatable bonds is 45. The number of quaternary nitrogens is 1. The lowest BCUT2D eigenvalue weighted by Gasteiger charge is -2.26. The van der Waals surface area contributed by atoms with Crippen LogP contribution in [-0.4, -0.2) is 82.3 Å². The average molecular weight is 860 g/mol. The van der Waals surface area contributed by atoms with Crippen LogP contribution in [0.15, 0.2) is 48.6 Å². The molecule has 0 spiro atoms. The lowest BCUT2D eigenvalue weighted by Crippen LogP contribution is -2.44. The first-order chi connectivity index (χ1) is 29.6. The van der Waals surface area contributed by atoms with Crippen LogP contribution in [0.5, 0.6) is 0 Å². The SMILES string of the molecule is CC/C=C\C/C=C\C/C=C\CCCCCC(=O)OC(COC(=O)CCCCCCCCCCCCC/C=C\CCCCCCCCCC)COC(OCC[N+](C)(C)C)C(=O)[O-]. The number of carboxylic acids is 1. The van der Waals surface area contributed by atoms with Gasteiger partial charge < -0.3 is 33.3 Å². The number of carbonyl (C=O) groups is 3. The smallest absolute Gasteiger partial charge is 0.306 e. The molecule has 0 radical (unpaired) electrons. The number of nitrogens with zero attached hydrogens (tertiary/aromatic N) is 1. The van der Waals surface area contributed by atoms with Crippen molar-refractivity contribution in [2.45, 2.75) is 219 Å². The van der Waals surface area contributed by atoms with Crippen molar-refractivity contribution in [3.8, 4) is 0 Å². The van der Waals surface area contributed by atoms with Gasteiger partial charge in [-0.1, -0.05) is 172 Å². The summed E-state index contributed by atoms with van der Waals surface area (Å²) in [6.07, 6.45) is 48.7. The summed E-state index contributed by atoms with van der Waals surface area (Å²) in [4.78, 5) is 37.0. The number of esters is 2. The van der Waals surface area contributed by atoms with Gasteiger partial charge in [-0.3, -0.25) is 9.59 Å². The van der Waals surface area contributed by atoms with Crippen LogP contribution in [-0.2, 0) is 33.3 Å². The molecular weight excluding hydrogens is 767 g/mol. The fraction of sp³-hybridized carbons (Fsp3) is 0.788. The van der Waals surface area contributed by atoms with E-state index < -0.39 is 24.3 Å². The van der Waals surface area contributed by atoms with Crippen LogP contribution in [0.1, 0.15) is 206 Å². The van der Waals surface area contributed by atoms with E-state index in [1.54, 1.807) is 0 Å². The Hall–Kier alpha value is -2.75. The van der Waals surface area contributed by atoms with E-state index in [2.05, 4.69) is 62.5 Å². The second kappa shape index (κ2) is 43.9. The van der Waals surface area contributed by atoms with Gasteiger partial charge in [0, 0.05) is 12.8 Å². The minimum atomic E-state index is -1.63. The number of unbranched alkanes of at least 4 members (excludes halogenated alkanes) is 22. The van der Waals surface area contributed by atoms with Crippen LogP contribution in [0.4, 0.5) is 0 Å². The maximum Gasteiger partial charge on any atom is 0.306 e. The summed E-state index contributed by atoms with van der Waals surface area (Å²) >= 11 is 0. The Morgan fingerprint density at radius 1 is 0.508 bits per heavy atom. The van der Waals surface area contributed by atoms with E-state index >= 15 is 0 Å². The molecule has 0 aliphatic carbocycles. The van der Waals surface area contributed by atoms with Crippen molar-refractivity contribution in [2.24, 2.45) is 0 Å². The molecule has 0 aliphatic heterocycles. The number of likely N-dealkylation sites (N-methyl/N-ethyl adjacent to an activating group) is 1. The summed E-state index contributed by atoms with van der Waals surface area (Å²) in [5.74, 6) is -2.33. The number of ether oxygens (including phenoxy) is 4. The highest BCUT2D eigenvalue weighted by Gasteiger charge is 2.21. The van der Waals surface area contributed by atoms with E-state index in [1.807, 2.05) is 21.1 Å². The van der Waals surface area contributed by atoms with Crippen LogP contribution in [0.3, 0.4) is 0 Å². The van der Waals surface area contributed by atoms with Crippen LogP contribution < -0.4 is 5.11 Å². The Kier molecular flexibility index (Phi) is 41.9. The van der Waals surface area contributed by atoms with E-state index in [0.29, 0.717) is 17.4 Å². The van der Waals surface area contributed by atoms with E-state index in [9.17, 15) is 19.5 Å². The molecular formula is C52H93NO8. The molecule has 0 saturated carbocycles. The molecule has 0 fully saturated rings. The van der Waals surface area contributed by atoms with Crippen molar-refractivity contribution in [1.82, 2.24) is 0 Å². The maximum absolute atomic E-state index is 12.7. The summed E-state index contributed by atoms with van der Waals surface area (Å²) in [6.45, 7) is 4.59. The molecule has 61 heavy (non-hydrogen) atoms. The van der Waals surface area contributed by atoms with Gasteiger partial charge >= 0.3 is 11.9 Å². The van der Waals surface area contributed by atoms with Gasteiger partial charge in [0.25, 0.3) is 0 Å². The van der Waals surface area contributed by atoms with E-state index in [0.717, 1.165) is 57.8 Å². The minimum absolute atomic E-state index is 0.141. The highest BCUT2D eigenvalue weighted by molar-refractivity contribution is 5.70. The minimum Gasteiger partial charge on any atom is -0.545 e. The standard InChI is InChI=1S/C52H93NO8/c1-6-8-10-12-14-16-18-20-21-22-23-24-25-26-27-28-29-31-32-34-36-38-40-42-49(54)59-46-48(47-60-52(51(56)57)58-45-44-53(3,4)5)61-50(55)43-41-39-37-35-33-30-19-17-15-13-11-9-7-2/h9,11,15,17,22-23,30,33,48,52H,6-8,10,12-14,16,18-21,24-29,31-32,34-47H2,1-5H3/b11-9-,17-15-,23-22-,33-30-. The van der Waals surface area contributed by atoms with Crippen molar-refractivity contribution in [1.29, 1.82) is 0 Å². The summed E-state index contributed by atoms with van der Waals surface area (Å²) in [5.41, 5.74) is 0. The summed E-state index contributed by atoms with van der Waals surface area (Å²) < 4.78 is 22.5. The first-order valence-corrected chi connectivity index (χ1v) is 24.8. The van der Waals surface area contributed by atoms with Gasteiger partial charge in [-0.2, -0.15) is 0 Å². The molecule has 0 bridgehead atoms. The van der Waals surface area contributed by atoms with Crippen molar-refractivity contribution in [3.05, 3.63) is 48.6 Å². The van der Waals surface area contributed by atoms with E-state index in [1.165, 1.54) is 116 Å². The van der Waals surface area contributed by atoms with Crippen LogP contribution in [0.2, 0.25) is 0 Å². The molecule has 9 heteroatoms. The average Bonchev–Trinajstić information content (AvgIpc) is 3.22.